The summed E-state index contributed by atoms with van der Waals surface area (Å²) in [7, 11) is 0. The first-order valence-corrected chi connectivity index (χ1v) is 7.19. The molecule has 0 aliphatic carbocycles. The summed E-state index contributed by atoms with van der Waals surface area (Å²) in [6.45, 7) is 6.46. The van der Waals surface area contributed by atoms with Crippen LogP contribution in [-0.2, 0) is 0 Å². The molecular weight excluding hydrogens is 262 g/mol. The molecule has 0 saturated carbocycles. The average Bonchev–Trinajstić information content (AvgIpc) is 2.47. The minimum absolute atomic E-state index is 0.261. The number of aromatic nitrogens is 1. The molecule has 0 saturated heterocycles. The van der Waals surface area contributed by atoms with Crippen molar-refractivity contribution >= 4 is 10.9 Å². The molecule has 1 atom stereocenters. The highest BCUT2D eigenvalue weighted by Crippen LogP contribution is 2.24. The molecule has 0 aliphatic heterocycles. The maximum atomic E-state index is 9.33. The van der Waals surface area contributed by atoms with Gasteiger partial charge in [-0.2, -0.15) is 5.26 Å². The largest absolute Gasteiger partial charge is 0.493 e. The molecule has 0 amide bonds. The van der Waals surface area contributed by atoms with Gasteiger partial charge in [-0.15, -0.1) is 0 Å². The van der Waals surface area contributed by atoms with Crippen molar-refractivity contribution in [2.75, 3.05) is 6.61 Å². The highest BCUT2D eigenvalue weighted by atomic mass is 16.5. The normalized spacial score (nSPS) is 13.9. The van der Waals surface area contributed by atoms with Crippen molar-refractivity contribution in [3.05, 3.63) is 36.5 Å². The maximum absolute atomic E-state index is 9.33. The summed E-state index contributed by atoms with van der Waals surface area (Å²) >= 11 is 0. The molecule has 0 aliphatic rings. The molecule has 1 N–H and O–H groups in total. The molecule has 4 heteroatoms. The number of fused-ring (bicyclic) bond motifs is 1. The van der Waals surface area contributed by atoms with Crippen molar-refractivity contribution in [3.8, 4) is 11.8 Å². The van der Waals surface area contributed by atoms with Gasteiger partial charge in [0.05, 0.1) is 18.2 Å². The number of nitrogens with one attached hydrogen (secondary N) is 1. The summed E-state index contributed by atoms with van der Waals surface area (Å²) in [6.07, 6.45) is 2.39. The quantitative estimate of drug-likeness (QED) is 0.884. The van der Waals surface area contributed by atoms with Crippen LogP contribution in [0.1, 0.15) is 27.2 Å². The summed E-state index contributed by atoms with van der Waals surface area (Å²) in [5.74, 6) is 0.811. The van der Waals surface area contributed by atoms with Crippen LogP contribution in [0.15, 0.2) is 36.5 Å². The van der Waals surface area contributed by atoms with E-state index in [-0.39, 0.29) is 6.04 Å². The van der Waals surface area contributed by atoms with Gasteiger partial charge in [-0.25, -0.2) is 0 Å². The van der Waals surface area contributed by atoms with Gasteiger partial charge in [-0.05, 0) is 45.0 Å². The topological polar surface area (TPSA) is 57.9 Å². The first-order chi connectivity index (χ1) is 10.0. The molecule has 0 radical (unpaired) electrons. The van der Waals surface area contributed by atoms with Crippen LogP contribution in [0.5, 0.6) is 5.75 Å². The second-order valence-corrected chi connectivity index (χ2v) is 5.67. The average molecular weight is 283 g/mol. The number of pyridine rings is 1. The predicted octanol–water partition coefficient (Wildman–Crippen LogP) is 3.28. The summed E-state index contributed by atoms with van der Waals surface area (Å²) < 4.78 is 5.87. The molecule has 0 bridgehead atoms. The molecule has 1 heterocycles. The lowest BCUT2D eigenvalue weighted by molar-refractivity contribution is 0.262. The smallest absolute Gasteiger partial charge is 0.128 e. The molecule has 1 aromatic heterocycles. The van der Waals surface area contributed by atoms with Gasteiger partial charge in [0.1, 0.15) is 11.3 Å². The third-order valence-corrected chi connectivity index (χ3v) is 3.32. The third kappa shape index (κ3) is 3.93. The number of ether oxygens (including phenoxy) is 1. The summed E-state index contributed by atoms with van der Waals surface area (Å²) in [5, 5.41) is 13.6. The van der Waals surface area contributed by atoms with Crippen LogP contribution in [0.3, 0.4) is 0 Å². The minimum atomic E-state index is -0.572. The van der Waals surface area contributed by atoms with Crippen molar-refractivity contribution < 1.29 is 4.74 Å². The van der Waals surface area contributed by atoms with E-state index < -0.39 is 5.54 Å². The summed E-state index contributed by atoms with van der Waals surface area (Å²) in [4.78, 5) is 4.31. The van der Waals surface area contributed by atoms with Crippen molar-refractivity contribution in [2.45, 2.75) is 38.8 Å². The van der Waals surface area contributed by atoms with Gasteiger partial charge in [0.25, 0.3) is 0 Å². The Labute approximate surface area is 125 Å². The lowest BCUT2D eigenvalue weighted by Gasteiger charge is -2.25. The molecule has 4 nitrogen and oxygen atoms in total. The molecule has 2 rings (SSSR count). The molecular formula is C17H21N3O. The van der Waals surface area contributed by atoms with Crippen LogP contribution in [0.2, 0.25) is 0 Å². The van der Waals surface area contributed by atoms with E-state index >= 15 is 0 Å². The van der Waals surface area contributed by atoms with E-state index in [1.165, 1.54) is 0 Å². The van der Waals surface area contributed by atoms with Crippen molar-refractivity contribution in [3.63, 3.8) is 0 Å². The number of benzene rings is 1. The molecule has 1 aromatic carbocycles. The fraction of sp³-hybridized carbons (Fsp3) is 0.412. The van der Waals surface area contributed by atoms with Gasteiger partial charge in [0, 0.05) is 24.0 Å². The zero-order chi connectivity index (χ0) is 15.3. The fourth-order valence-corrected chi connectivity index (χ4v) is 2.36. The van der Waals surface area contributed by atoms with E-state index in [0.29, 0.717) is 13.0 Å². The fourth-order valence-electron chi connectivity index (χ4n) is 2.36. The second-order valence-electron chi connectivity index (χ2n) is 5.67. The van der Waals surface area contributed by atoms with E-state index in [9.17, 15) is 5.26 Å². The molecule has 110 valence electrons. The van der Waals surface area contributed by atoms with E-state index in [1.807, 2.05) is 51.1 Å². The Hall–Kier alpha value is -2.12. The van der Waals surface area contributed by atoms with Gasteiger partial charge in [-0.3, -0.25) is 10.3 Å². The Bertz CT molecular complexity index is 643. The number of nitrogens with zero attached hydrogens (tertiary/aromatic N) is 2. The monoisotopic (exact) mass is 283 g/mol. The van der Waals surface area contributed by atoms with Crippen molar-refractivity contribution in [1.82, 2.24) is 10.3 Å². The van der Waals surface area contributed by atoms with E-state index in [0.717, 1.165) is 16.7 Å². The zero-order valence-corrected chi connectivity index (χ0v) is 12.8. The molecule has 0 fully saturated rings. The Morgan fingerprint density at radius 1 is 1.33 bits per heavy atom. The first-order valence-electron chi connectivity index (χ1n) is 7.19. The van der Waals surface area contributed by atoms with Gasteiger partial charge in [0.2, 0.25) is 0 Å². The van der Waals surface area contributed by atoms with E-state index in [4.69, 9.17) is 4.74 Å². The van der Waals surface area contributed by atoms with E-state index in [1.54, 1.807) is 6.20 Å². The zero-order valence-electron chi connectivity index (χ0n) is 12.8. The predicted molar refractivity (Wildman–Crippen MR) is 84.1 cm³/mol. The Morgan fingerprint density at radius 2 is 2.14 bits per heavy atom. The molecule has 2 aromatic rings. The minimum Gasteiger partial charge on any atom is -0.493 e. The highest BCUT2D eigenvalue weighted by molar-refractivity contribution is 5.84. The second kappa shape index (κ2) is 6.55. The van der Waals surface area contributed by atoms with Gasteiger partial charge in [-0.1, -0.05) is 6.07 Å². The molecule has 21 heavy (non-hydrogen) atoms. The molecule has 0 spiro atoms. The summed E-state index contributed by atoms with van der Waals surface area (Å²) in [5.41, 5.74) is 0.343. The Balaban J connectivity index is 2.04. The van der Waals surface area contributed by atoms with Crippen LogP contribution in [0, 0.1) is 11.3 Å². The van der Waals surface area contributed by atoms with Crippen LogP contribution >= 0.6 is 0 Å². The highest BCUT2D eigenvalue weighted by Gasteiger charge is 2.24. The number of hydrogen-bond donors (Lipinski definition) is 1. The van der Waals surface area contributed by atoms with Gasteiger partial charge >= 0.3 is 0 Å². The summed E-state index contributed by atoms with van der Waals surface area (Å²) in [6, 6.07) is 12.3. The number of rotatable bonds is 6. The Kier molecular flexibility index (Phi) is 4.77. The van der Waals surface area contributed by atoms with Crippen LogP contribution in [-0.4, -0.2) is 23.2 Å². The first kappa shape index (κ1) is 15.3. The lowest BCUT2D eigenvalue weighted by atomic mass is 9.99. The molecule has 1 unspecified atom stereocenters. The van der Waals surface area contributed by atoms with E-state index in [2.05, 4.69) is 16.4 Å². The van der Waals surface area contributed by atoms with Crippen LogP contribution in [0.25, 0.3) is 10.9 Å². The van der Waals surface area contributed by atoms with Crippen molar-refractivity contribution in [1.29, 1.82) is 5.26 Å². The van der Waals surface area contributed by atoms with Gasteiger partial charge in [0.15, 0.2) is 0 Å². The standard InChI is InChI=1S/C17H21N3O/c1-13(2)20-17(3,12-18)9-11-21-16-8-4-7-15-14(16)6-5-10-19-15/h4-8,10,13,20H,9,11H2,1-3H3. The number of hydrogen-bond acceptors (Lipinski definition) is 4. The van der Waals surface area contributed by atoms with Gasteiger partial charge < -0.3 is 4.74 Å². The maximum Gasteiger partial charge on any atom is 0.128 e. The SMILES string of the molecule is CC(C)NC(C)(C#N)CCOc1cccc2ncccc12. The van der Waals surface area contributed by atoms with Crippen LogP contribution < -0.4 is 10.1 Å². The lowest BCUT2D eigenvalue weighted by Crippen LogP contribution is -2.45. The number of nitriles is 1. The van der Waals surface area contributed by atoms with Crippen molar-refractivity contribution in [2.24, 2.45) is 0 Å². The Morgan fingerprint density at radius 3 is 2.86 bits per heavy atom. The van der Waals surface area contributed by atoms with Crippen LogP contribution in [0.4, 0.5) is 0 Å². The third-order valence-electron chi connectivity index (χ3n) is 3.32.